The zero-order valence-electron chi connectivity index (χ0n) is 15.2. The van der Waals surface area contributed by atoms with Gasteiger partial charge in [0.25, 0.3) is 0 Å². The van der Waals surface area contributed by atoms with Gasteiger partial charge in [0, 0.05) is 11.1 Å². The Labute approximate surface area is 167 Å². The summed E-state index contributed by atoms with van der Waals surface area (Å²) in [5, 5.41) is 0.245. The fourth-order valence-electron chi connectivity index (χ4n) is 2.74. The smallest absolute Gasteiger partial charge is 0.450 e. The van der Waals surface area contributed by atoms with Crippen molar-refractivity contribution in [2.75, 3.05) is 7.11 Å². The van der Waals surface area contributed by atoms with E-state index in [1.165, 1.54) is 50.4 Å². The molecular weight excluding hydrogens is 413 g/mol. The molecule has 0 saturated heterocycles. The van der Waals surface area contributed by atoms with Crippen LogP contribution in [0.3, 0.4) is 0 Å². The average molecular weight is 427 g/mol. The highest BCUT2D eigenvalue weighted by Crippen LogP contribution is 2.38. The van der Waals surface area contributed by atoms with Crippen LogP contribution in [0, 0.1) is 0 Å². The Balaban J connectivity index is 2.19. The topological polar surface area (TPSA) is 65.7 Å². The van der Waals surface area contributed by atoms with Crippen molar-refractivity contribution in [2.24, 2.45) is 0 Å². The van der Waals surface area contributed by atoms with Gasteiger partial charge in [0.1, 0.15) is 11.3 Å². The number of hydrogen-bond donors (Lipinski definition) is 0. The largest absolute Gasteiger partial charge is 0.479 e. The minimum Gasteiger partial charge on any atom is -0.479 e. The molecule has 3 rings (SSSR count). The molecule has 0 aliphatic heterocycles. The van der Waals surface area contributed by atoms with E-state index in [1.54, 1.807) is 0 Å². The summed E-state index contributed by atoms with van der Waals surface area (Å²) in [5.41, 5.74) is -1.77. The molecule has 0 amide bonds. The van der Waals surface area contributed by atoms with Gasteiger partial charge in [0.2, 0.25) is 11.2 Å². The van der Waals surface area contributed by atoms with Crippen LogP contribution in [-0.2, 0) is 15.7 Å². The molecule has 5 nitrogen and oxygen atoms in total. The maximum atomic E-state index is 13.6. The SMILES string of the molecule is COC(=O)[C@H](C)Oc1ccc2c(=O)c(-c3ccc(Cl)cc3)c(C(F)(F)F)oc2c1. The number of esters is 1. The van der Waals surface area contributed by atoms with Crippen LogP contribution in [0.5, 0.6) is 5.75 Å². The van der Waals surface area contributed by atoms with Gasteiger partial charge >= 0.3 is 12.1 Å². The predicted molar refractivity (Wildman–Crippen MR) is 100 cm³/mol. The number of carbonyl (C=O) groups is 1. The van der Waals surface area contributed by atoms with Crippen LogP contribution in [0.4, 0.5) is 13.2 Å². The fraction of sp³-hybridized carbons (Fsp3) is 0.200. The first kappa shape index (κ1) is 20.7. The summed E-state index contributed by atoms with van der Waals surface area (Å²) >= 11 is 5.78. The number of benzene rings is 2. The lowest BCUT2D eigenvalue weighted by Crippen LogP contribution is -2.24. The molecule has 0 N–H and O–H groups in total. The third-order valence-corrected chi connectivity index (χ3v) is 4.35. The summed E-state index contributed by atoms with van der Waals surface area (Å²) in [6.07, 6.45) is -5.92. The standard InChI is InChI=1S/C20H14ClF3O5/c1-10(19(26)27-2)28-13-7-8-14-15(9-13)29-18(20(22,23)24)16(17(14)25)11-3-5-12(21)6-4-11/h3-10H,1-2H3/t10-/m0/s1. The van der Waals surface area contributed by atoms with Crippen LogP contribution in [0.1, 0.15) is 12.7 Å². The fourth-order valence-corrected chi connectivity index (χ4v) is 2.87. The van der Waals surface area contributed by atoms with Gasteiger partial charge in [-0.25, -0.2) is 4.79 Å². The number of rotatable bonds is 4. The number of hydrogen-bond acceptors (Lipinski definition) is 5. The second kappa shape index (κ2) is 7.79. The Morgan fingerprint density at radius 3 is 2.38 bits per heavy atom. The van der Waals surface area contributed by atoms with Crippen molar-refractivity contribution in [2.45, 2.75) is 19.2 Å². The summed E-state index contributed by atoms with van der Waals surface area (Å²) in [6.45, 7) is 1.41. The van der Waals surface area contributed by atoms with E-state index in [0.717, 1.165) is 6.07 Å². The zero-order valence-corrected chi connectivity index (χ0v) is 15.9. The molecule has 9 heteroatoms. The van der Waals surface area contributed by atoms with E-state index >= 15 is 0 Å². The van der Waals surface area contributed by atoms with Crippen LogP contribution < -0.4 is 10.2 Å². The van der Waals surface area contributed by atoms with E-state index < -0.39 is 35.0 Å². The molecular formula is C20H14ClF3O5. The Bertz CT molecular complexity index is 1120. The van der Waals surface area contributed by atoms with Crippen LogP contribution in [0.25, 0.3) is 22.1 Å². The molecule has 1 atom stereocenters. The van der Waals surface area contributed by atoms with Crippen molar-refractivity contribution in [3.05, 3.63) is 63.5 Å². The zero-order chi connectivity index (χ0) is 21.3. The van der Waals surface area contributed by atoms with Gasteiger partial charge in [-0.1, -0.05) is 23.7 Å². The number of fused-ring (bicyclic) bond motifs is 1. The molecule has 0 spiro atoms. The molecule has 0 radical (unpaired) electrons. The van der Waals surface area contributed by atoms with Gasteiger partial charge < -0.3 is 13.9 Å². The lowest BCUT2D eigenvalue weighted by atomic mass is 10.0. The molecule has 3 aromatic rings. The monoisotopic (exact) mass is 426 g/mol. The second-order valence-corrected chi connectivity index (χ2v) is 6.52. The summed E-state index contributed by atoms with van der Waals surface area (Å²) in [5.74, 6) is -2.05. The van der Waals surface area contributed by atoms with Crippen molar-refractivity contribution in [3.8, 4) is 16.9 Å². The third kappa shape index (κ3) is 4.22. The van der Waals surface area contributed by atoms with Gasteiger partial charge in [-0.15, -0.1) is 0 Å². The molecule has 0 saturated carbocycles. The van der Waals surface area contributed by atoms with E-state index in [2.05, 4.69) is 4.74 Å². The van der Waals surface area contributed by atoms with Crippen LogP contribution >= 0.6 is 11.6 Å². The summed E-state index contributed by atoms with van der Waals surface area (Å²) in [7, 11) is 1.18. The van der Waals surface area contributed by atoms with Crippen molar-refractivity contribution in [1.82, 2.24) is 0 Å². The van der Waals surface area contributed by atoms with Crippen LogP contribution in [0.15, 0.2) is 51.7 Å². The van der Waals surface area contributed by atoms with Crippen molar-refractivity contribution in [1.29, 1.82) is 0 Å². The normalized spacial score (nSPS) is 12.6. The predicted octanol–water partition coefficient (Wildman–Crippen LogP) is 5.07. The molecule has 0 fully saturated rings. The van der Waals surface area contributed by atoms with Crippen LogP contribution in [0.2, 0.25) is 5.02 Å². The Kier molecular flexibility index (Phi) is 5.57. The van der Waals surface area contributed by atoms with Gasteiger partial charge in [0.15, 0.2) is 6.10 Å². The molecule has 1 aromatic heterocycles. The highest BCUT2D eigenvalue weighted by Gasteiger charge is 2.39. The minimum atomic E-state index is -4.92. The highest BCUT2D eigenvalue weighted by atomic mass is 35.5. The summed E-state index contributed by atoms with van der Waals surface area (Å²) in [4.78, 5) is 24.3. The number of carbonyl (C=O) groups excluding carboxylic acids is 1. The first-order valence-electron chi connectivity index (χ1n) is 8.30. The third-order valence-electron chi connectivity index (χ3n) is 4.10. The van der Waals surface area contributed by atoms with E-state index in [1.807, 2.05) is 0 Å². The average Bonchev–Trinajstić information content (AvgIpc) is 2.67. The summed E-state index contributed by atoms with van der Waals surface area (Å²) < 4.78 is 55.8. The molecule has 29 heavy (non-hydrogen) atoms. The number of alkyl halides is 3. The maximum Gasteiger partial charge on any atom is 0.450 e. The lowest BCUT2D eigenvalue weighted by Gasteiger charge is -2.15. The molecule has 0 aliphatic carbocycles. The molecule has 0 aliphatic rings. The van der Waals surface area contributed by atoms with Gasteiger partial charge in [-0.2, -0.15) is 13.2 Å². The van der Waals surface area contributed by atoms with Crippen molar-refractivity contribution >= 4 is 28.5 Å². The number of methoxy groups -OCH3 is 1. The van der Waals surface area contributed by atoms with E-state index in [-0.39, 0.29) is 22.3 Å². The molecule has 0 bridgehead atoms. The van der Waals surface area contributed by atoms with Crippen molar-refractivity contribution in [3.63, 3.8) is 0 Å². The van der Waals surface area contributed by atoms with E-state index in [0.29, 0.717) is 5.02 Å². The maximum absolute atomic E-state index is 13.6. The second-order valence-electron chi connectivity index (χ2n) is 6.08. The van der Waals surface area contributed by atoms with Crippen molar-refractivity contribution < 1.29 is 31.9 Å². The minimum absolute atomic E-state index is 0.0250. The van der Waals surface area contributed by atoms with E-state index in [4.69, 9.17) is 20.8 Å². The van der Waals surface area contributed by atoms with Gasteiger partial charge in [-0.05, 0) is 36.8 Å². The Morgan fingerprint density at radius 1 is 1.14 bits per heavy atom. The number of ether oxygens (including phenoxy) is 2. The van der Waals surface area contributed by atoms with Gasteiger partial charge in [-0.3, -0.25) is 4.79 Å². The van der Waals surface area contributed by atoms with E-state index in [9.17, 15) is 22.8 Å². The van der Waals surface area contributed by atoms with Gasteiger partial charge in [0.05, 0.1) is 18.1 Å². The highest BCUT2D eigenvalue weighted by molar-refractivity contribution is 6.30. The first-order chi connectivity index (χ1) is 13.6. The summed E-state index contributed by atoms with van der Waals surface area (Å²) in [6, 6.07) is 9.14. The molecule has 0 unspecified atom stereocenters. The quantitative estimate of drug-likeness (QED) is 0.545. The molecule has 152 valence electrons. The Morgan fingerprint density at radius 2 is 1.79 bits per heavy atom. The van der Waals surface area contributed by atoms with Crippen LogP contribution in [-0.4, -0.2) is 19.2 Å². The Hall–Kier alpha value is -3.00. The molecule has 2 aromatic carbocycles. The molecule has 1 heterocycles. The number of halogens is 4. The lowest BCUT2D eigenvalue weighted by molar-refractivity contribution is -0.152. The first-order valence-corrected chi connectivity index (χ1v) is 8.68.